The van der Waals surface area contributed by atoms with Gasteiger partial charge in [-0.25, -0.2) is 0 Å². The highest BCUT2D eigenvalue weighted by atomic mass is 16.3. The van der Waals surface area contributed by atoms with Crippen molar-refractivity contribution in [2.75, 3.05) is 78.8 Å². The molecule has 0 spiro atoms. The Morgan fingerprint density at radius 3 is 1.42 bits per heavy atom. The largest absolute Gasteiger partial charge is 0.395 e. The number of aliphatic hydroxyl groups excluding tert-OH is 4. The molecule has 0 aromatic carbocycles. The third kappa shape index (κ3) is 11.3. The van der Waals surface area contributed by atoms with Crippen LogP contribution in [0.15, 0.2) is 0 Å². The molecular formula is C12H29N3O4. The van der Waals surface area contributed by atoms with Crippen molar-refractivity contribution in [1.29, 1.82) is 0 Å². The normalized spacial score (nSPS) is 11.7. The molecule has 5 N–H and O–H groups in total. The lowest BCUT2D eigenvalue weighted by molar-refractivity contribution is 0.133. The number of nitrogens with one attached hydrogen (secondary N) is 1. The summed E-state index contributed by atoms with van der Waals surface area (Å²) < 4.78 is 0. The van der Waals surface area contributed by atoms with Crippen LogP contribution in [0.25, 0.3) is 0 Å². The van der Waals surface area contributed by atoms with Gasteiger partial charge in [-0.1, -0.05) is 0 Å². The van der Waals surface area contributed by atoms with Gasteiger partial charge in [0.25, 0.3) is 0 Å². The Hall–Kier alpha value is -0.280. The smallest absolute Gasteiger partial charge is 0.0558 e. The third-order valence-corrected chi connectivity index (χ3v) is 2.87. The molecule has 0 fully saturated rings. The van der Waals surface area contributed by atoms with Gasteiger partial charge in [-0.3, -0.25) is 9.80 Å². The lowest BCUT2D eigenvalue weighted by Gasteiger charge is -2.26. The van der Waals surface area contributed by atoms with Crippen LogP contribution in [0.2, 0.25) is 0 Å². The van der Waals surface area contributed by atoms with Gasteiger partial charge in [-0.2, -0.15) is 0 Å². The number of hydrogen-bond acceptors (Lipinski definition) is 7. The van der Waals surface area contributed by atoms with Gasteiger partial charge in [-0.15, -0.1) is 0 Å². The second-order valence-corrected chi connectivity index (χ2v) is 4.33. The first-order chi connectivity index (χ1) is 9.28. The standard InChI is InChI=1S/C12H29N3O4/c16-9-2-13-1-3-14(6-10-17)4-5-15(7-11-18)8-12-19/h13,16-19H,1-12H2. The molecule has 0 aliphatic carbocycles. The lowest BCUT2D eigenvalue weighted by atomic mass is 10.4. The quantitative estimate of drug-likeness (QED) is 0.218. The van der Waals surface area contributed by atoms with E-state index in [9.17, 15) is 0 Å². The molecule has 19 heavy (non-hydrogen) atoms. The molecule has 0 radical (unpaired) electrons. The second kappa shape index (κ2) is 14.1. The topological polar surface area (TPSA) is 99.4 Å². The van der Waals surface area contributed by atoms with Gasteiger partial charge >= 0.3 is 0 Å². The van der Waals surface area contributed by atoms with E-state index in [1.807, 2.05) is 4.90 Å². The predicted molar refractivity (Wildman–Crippen MR) is 74.1 cm³/mol. The first-order valence-electron chi connectivity index (χ1n) is 6.87. The summed E-state index contributed by atoms with van der Waals surface area (Å²) in [5, 5.41) is 38.6. The molecule has 0 saturated carbocycles. The van der Waals surface area contributed by atoms with E-state index in [1.54, 1.807) is 0 Å². The maximum Gasteiger partial charge on any atom is 0.0558 e. The zero-order chi connectivity index (χ0) is 14.3. The fourth-order valence-corrected chi connectivity index (χ4v) is 1.82. The second-order valence-electron chi connectivity index (χ2n) is 4.33. The van der Waals surface area contributed by atoms with Crippen LogP contribution in [0, 0.1) is 0 Å². The molecule has 0 aliphatic rings. The van der Waals surface area contributed by atoms with E-state index in [1.165, 1.54) is 0 Å². The summed E-state index contributed by atoms with van der Waals surface area (Å²) in [4.78, 5) is 4.11. The van der Waals surface area contributed by atoms with E-state index in [-0.39, 0.29) is 26.4 Å². The molecule has 0 atom stereocenters. The first kappa shape index (κ1) is 18.7. The molecule has 0 rings (SSSR count). The molecule has 0 amide bonds. The van der Waals surface area contributed by atoms with E-state index in [2.05, 4.69) is 10.2 Å². The monoisotopic (exact) mass is 279 g/mol. The van der Waals surface area contributed by atoms with Crippen molar-refractivity contribution in [2.45, 2.75) is 0 Å². The predicted octanol–water partition coefficient (Wildman–Crippen LogP) is -2.85. The molecular weight excluding hydrogens is 250 g/mol. The van der Waals surface area contributed by atoms with Crippen LogP contribution in [0.4, 0.5) is 0 Å². The molecule has 116 valence electrons. The Morgan fingerprint density at radius 2 is 1.00 bits per heavy atom. The SMILES string of the molecule is OCCNCCN(CCO)CCN(CCO)CCO. The van der Waals surface area contributed by atoms with Gasteiger partial charge in [0.2, 0.25) is 0 Å². The van der Waals surface area contributed by atoms with Crippen LogP contribution in [-0.2, 0) is 0 Å². The Kier molecular flexibility index (Phi) is 13.9. The summed E-state index contributed by atoms with van der Waals surface area (Å²) >= 11 is 0. The van der Waals surface area contributed by atoms with Gasteiger partial charge in [0.05, 0.1) is 26.4 Å². The van der Waals surface area contributed by atoms with Crippen molar-refractivity contribution < 1.29 is 20.4 Å². The first-order valence-corrected chi connectivity index (χ1v) is 6.87. The third-order valence-electron chi connectivity index (χ3n) is 2.87. The maximum atomic E-state index is 9.02. The molecule has 0 unspecified atom stereocenters. The van der Waals surface area contributed by atoms with Crippen molar-refractivity contribution in [1.82, 2.24) is 15.1 Å². The van der Waals surface area contributed by atoms with Crippen molar-refractivity contribution in [2.24, 2.45) is 0 Å². The van der Waals surface area contributed by atoms with Crippen molar-refractivity contribution in [3.05, 3.63) is 0 Å². The zero-order valence-electron chi connectivity index (χ0n) is 11.7. The highest BCUT2D eigenvalue weighted by Crippen LogP contribution is 1.92. The Morgan fingerprint density at radius 1 is 0.526 bits per heavy atom. The van der Waals surface area contributed by atoms with Crippen LogP contribution in [0.3, 0.4) is 0 Å². The van der Waals surface area contributed by atoms with E-state index in [0.717, 1.165) is 26.2 Å². The molecule has 0 bridgehead atoms. The minimum Gasteiger partial charge on any atom is -0.395 e. The Bertz CT molecular complexity index is 180. The maximum absolute atomic E-state index is 9.02. The van der Waals surface area contributed by atoms with Gasteiger partial charge in [0.1, 0.15) is 0 Å². The highest BCUT2D eigenvalue weighted by Gasteiger charge is 2.08. The molecule has 7 heteroatoms. The zero-order valence-corrected chi connectivity index (χ0v) is 11.7. The van der Waals surface area contributed by atoms with E-state index in [0.29, 0.717) is 26.2 Å². The van der Waals surface area contributed by atoms with E-state index in [4.69, 9.17) is 20.4 Å². The molecule has 0 aromatic rings. The minimum absolute atomic E-state index is 0.0814. The molecule has 0 heterocycles. The van der Waals surface area contributed by atoms with Crippen LogP contribution in [0.5, 0.6) is 0 Å². The summed E-state index contributed by atoms with van der Waals surface area (Å²) in [6.07, 6.45) is 0. The van der Waals surface area contributed by atoms with E-state index < -0.39 is 0 Å². The highest BCUT2D eigenvalue weighted by molar-refractivity contribution is 4.64. The Labute approximate surface area is 115 Å². The number of aliphatic hydroxyl groups is 4. The van der Waals surface area contributed by atoms with Gasteiger partial charge in [-0.05, 0) is 0 Å². The minimum atomic E-state index is 0.0814. The average Bonchev–Trinajstić information content (AvgIpc) is 2.41. The van der Waals surface area contributed by atoms with Crippen LogP contribution in [0.1, 0.15) is 0 Å². The van der Waals surface area contributed by atoms with Gasteiger partial charge < -0.3 is 25.7 Å². The van der Waals surface area contributed by atoms with Crippen molar-refractivity contribution in [3.8, 4) is 0 Å². The molecule has 0 aliphatic heterocycles. The summed E-state index contributed by atoms with van der Waals surface area (Å²) in [5.74, 6) is 0. The summed E-state index contributed by atoms with van der Waals surface area (Å²) in [6.45, 7) is 5.78. The molecule has 0 aromatic heterocycles. The molecule has 0 saturated heterocycles. The lowest BCUT2D eigenvalue weighted by Crippen LogP contribution is -2.41. The number of hydrogen-bond donors (Lipinski definition) is 5. The average molecular weight is 279 g/mol. The fourth-order valence-electron chi connectivity index (χ4n) is 1.82. The number of nitrogens with zero attached hydrogens (tertiary/aromatic N) is 2. The van der Waals surface area contributed by atoms with Crippen molar-refractivity contribution >= 4 is 0 Å². The summed E-state index contributed by atoms with van der Waals surface area (Å²) in [6, 6.07) is 0. The summed E-state index contributed by atoms with van der Waals surface area (Å²) in [5.41, 5.74) is 0. The van der Waals surface area contributed by atoms with E-state index >= 15 is 0 Å². The van der Waals surface area contributed by atoms with Gasteiger partial charge in [0, 0.05) is 52.4 Å². The number of rotatable bonds is 14. The fraction of sp³-hybridized carbons (Fsp3) is 1.00. The van der Waals surface area contributed by atoms with Crippen molar-refractivity contribution in [3.63, 3.8) is 0 Å². The van der Waals surface area contributed by atoms with Crippen LogP contribution in [-0.4, -0.2) is 109 Å². The van der Waals surface area contributed by atoms with Crippen LogP contribution >= 0.6 is 0 Å². The summed E-state index contributed by atoms with van der Waals surface area (Å²) in [7, 11) is 0. The van der Waals surface area contributed by atoms with Gasteiger partial charge in [0.15, 0.2) is 0 Å². The Balaban J connectivity index is 3.88. The molecule has 7 nitrogen and oxygen atoms in total. The van der Waals surface area contributed by atoms with Crippen LogP contribution < -0.4 is 5.32 Å².